The first-order valence-electron chi connectivity index (χ1n) is 7.81. The molecule has 6 nitrogen and oxygen atoms in total. The number of benzene rings is 2. The number of phenolic OH excluding ortho intramolecular Hbond substituents is 1. The lowest BCUT2D eigenvalue weighted by molar-refractivity contribution is -0.125. The molecule has 2 N–H and O–H groups in total. The molecule has 0 bridgehead atoms. The number of hydrogen-bond donors (Lipinski definition) is 2. The molecule has 0 fully saturated rings. The second kappa shape index (κ2) is 7.03. The number of nitrogens with one attached hydrogen (secondary N) is 1. The van der Waals surface area contributed by atoms with E-state index in [-0.39, 0.29) is 36.2 Å². The number of para-hydroxylation sites is 2. The average molecular weight is 361 g/mol. The van der Waals surface area contributed by atoms with Crippen molar-refractivity contribution in [1.82, 2.24) is 0 Å². The van der Waals surface area contributed by atoms with Crippen molar-refractivity contribution >= 4 is 34.8 Å². The highest BCUT2D eigenvalue weighted by Crippen LogP contribution is 2.33. The van der Waals surface area contributed by atoms with Crippen molar-refractivity contribution in [2.24, 2.45) is 0 Å². The van der Waals surface area contributed by atoms with Gasteiger partial charge < -0.3 is 20.1 Å². The molecule has 7 heteroatoms. The van der Waals surface area contributed by atoms with Crippen LogP contribution in [0.2, 0.25) is 5.02 Å². The molecule has 1 aliphatic rings. The molecular formula is C18H17ClN2O4. The van der Waals surface area contributed by atoms with Gasteiger partial charge in [-0.15, -0.1) is 0 Å². The molecule has 1 atom stereocenters. The zero-order chi connectivity index (χ0) is 18.0. The van der Waals surface area contributed by atoms with Crippen LogP contribution in [-0.2, 0) is 9.59 Å². The Morgan fingerprint density at radius 1 is 1.32 bits per heavy atom. The molecule has 0 saturated carbocycles. The van der Waals surface area contributed by atoms with Gasteiger partial charge in [0, 0.05) is 18.0 Å². The van der Waals surface area contributed by atoms with Gasteiger partial charge in [0.05, 0.1) is 11.4 Å². The minimum atomic E-state index is -0.602. The normalized spacial score (nSPS) is 16.2. The number of fused-ring (bicyclic) bond motifs is 1. The Balaban J connectivity index is 1.69. The summed E-state index contributed by atoms with van der Waals surface area (Å²) in [6.07, 6.45) is -0.534. The molecular weight excluding hydrogens is 344 g/mol. The fourth-order valence-electron chi connectivity index (χ4n) is 2.62. The maximum atomic E-state index is 12.4. The quantitative estimate of drug-likeness (QED) is 0.821. The Morgan fingerprint density at radius 3 is 2.88 bits per heavy atom. The standard InChI is InChI=1S/C18H17ClN2O4/c1-11-18(24)21(14-4-2-3-5-16(14)25-11)9-8-17(23)20-13-10-12(19)6-7-15(13)22/h2-7,10-11,22H,8-9H2,1H3,(H,20,23). The summed E-state index contributed by atoms with van der Waals surface area (Å²) in [4.78, 5) is 26.1. The summed E-state index contributed by atoms with van der Waals surface area (Å²) in [6.45, 7) is 1.88. The van der Waals surface area contributed by atoms with Crippen LogP contribution in [0.25, 0.3) is 0 Å². The molecule has 0 spiro atoms. The average Bonchev–Trinajstić information content (AvgIpc) is 2.58. The van der Waals surface area contributed by atoms with Crippen molar-refractivity contribution in [3.05, 3.63) is 47.5 Å². The minimum absolute atomic E-state index is 0.0682. The summed E-state index contributed by atoms with van der Waals surface area (Å²) in [5.74, 6) is 0.0146. The van der Waals surface area contributed by atoms with Gasteiger partial charge in [-0.05, 0) is 37.3 Å². The van der Waals surface area contributed by atoms with E-state index in [1.54, 1.807) is 24.0 Å². The minimum Gasteiger partial charge on any atom is -0.506 e. The van der Waals surface area contributed by atoms with Gasteiger partial charge in [-0.2, -0.15) is 0 Å². The van der Waals surface area contributed by atoms with Gasteiger partial charge in [-0.25, -0.2) is 0 Å². The van der Waals surface area contributed by atoms with Crippen LogP contribution in [-0.4, -0.2) is 29.6 Å². The number of rotatable bonds is 4. The van der Waals surface area contributed by atoms with Gasteiger partial charge in [-0.3, -0.25) is 9.59 Å². The summed E-state index contributed by atoms with van der Waals surface area (Å²) in [5.41, 5.74) is 0.878. The SMILES string of the molecule is CC1Oc2ccccc2N(CCC(=O)Nc2cc(Cl)ccc2O)C1=O. The summed E-state index contributed by atoms with van der Waals surface area (Å²) in [6, 6.07) is 11.6. The largest absolute Gasteiger partial charge is 0.506 e. The van der Waals surface area contributed by atoms with Crippen molar-refractivity contribution in [1.29, 1.82) is 0 Å². The Kier molecular flexibility index (Phi) is 4.81. The third-order valence-corrected chi connectivity index (χ3v) is 4.10. The van der Waals surface area contributed by atoms with Gasteiger partial charge in [0.2, 0.25) is 5.91 Å². The molecule has 25 heavy (non-hydrogen) atoms. The molecule has 2 amide bonds. The second-order valence-electron chi connectivity index (χ2n) is 5.68. The van der Waals surface area contributed by atoms with Crippen LogP contribution in [0.5, 0.6) is 11.5 Å². The highest BCUT2D eigenvalue weighted by Gasteiger charge is 2.31. The number of hydrogen-bond acceptors (Lipinski definition) is 4. The van der Waals surface area contributed by atoms with Crippen LogP contribution in [0.4, 0.5) is 11.4 Å². The number of carbonyl (C=O) groups is 2. The Bertz CT molecular complexity index is 824. The van der Waals surface area contributed by atoms with Crippen molar-refractivity contribution in [3.63, 3.8) is 0 Å². The number of carbonyl (C=O) groups excluding carboxylic acids is 2. The number of halogens is 1. The molecule has 130 valence electrons. The highest BCUT2D eigenvalue weighted by molar-refractivity contribution is 6.31. The lowest BCUT2D eigenvalue weighted by atomic mass is 10.1. The third kappa shape index (κ3) is 3.69. The molecule has 1 aliphatic heterocycles. The van der Waals surface area contributed by atoms with Crippen LogP contribution >= 0.6 is 11.6 Å². The lowest BCUT2D eigenvalue weighted by Gasteiger charge is -2.32. The predicted octanol–water partition coefficient (Wildman–Crippen LogP) is 3.19. The molecule has 0 radical (unpaired) electrons. The molecule has 1 heterocycles. The van der Waals surface area contributed by atoms with Gasteiger partial charge in [0.25, 0.3) is 5.91 Å². The van der Waals surface area contributed by atoms with Crippen LogP contribution in [0, 0.1) is 0 Å². The van der Waals surface area contributed by atoms with Crippen molar-refractivity contribution < 1.29 is 19.4 Å². The monoisotopic (exact) mass is 360 g/mol. The van der Waals surface area contributed by atoms with E-state index in [9.17, 15) is 14.7 Å². The number of amides is 2. The van der Waals surface area contributed by atoms with Gasteiger partial charge in [-0.1, -0.05) is 23.7 Å². The van der Waals surface area contributed by atoms with E-state index < -0.39 is 6.10 Å². The Morgan fingerprint density at radius 2 is 2.08 bits per heavy atom. The summed E-state index contributed by atoms with van der Waals surface area (Å²) >= 11 is 5.86. The van der Waals surface area contributed by atoms with Gasteiger partial charge >= 0.3 is 0 Å². The Hall–Kier alpha value is -2.73. The van der Waals surface area contributed by atoms with Crippen LogP contribution in [0.3, 0.4) is 0 Å². The van der Waals surface area contributed by atoms with Crippen LogP contribution in [0.1, 0.15) is 13.3 Å². The molecule has 0 aromatic heterocycles. The van der Waals surface area contributed by atoms with Crippen molar-refractivity contribution in [3.8, 4) is 11.5 Å². The molecule has 0 aliphatic carbocycles. The summed E-state index contributed by atoms with van der Waals surface area (Å²) < 4.78 is 5.57. The fraction of sp³-hybridized carbons (Fsp3) is 0.222. The summed E-state index contributed by atoms with van der Waals surface area (Å²) in [7, 11) is 0. The zero-order valence-corrected chi connectivity index (χ0v) is 14.3. The van der Waals surface area contributed by atoms with E-state index in [0.717, 1.165) is 0 Å². The second-order valence-corrected chi connectivity index (χ2v) is 6.11. The van der Waals surface area contributed by atoms with Gasteiger partial charge in [0.1, 0.15) is 11.5 Å². The first-order valence-corrected chi connectivity index (χ1v) is 8.19. The smallest absolute Gasteiger partial charge is 0.267 e. The topological polar surface area (TPSA) is 78.9 Å². The van der Waals surface area contributed by atoms with Gasteiger partial charge in [0.15, 0.2) is 6.10 Å². The van der Waals surface area contributed by atoms with E-state index in [1.807, 2.05) is 12.1 Å². The molecule has 2 aromatic rings. The number of ether oxygens (including phenoxy) is 1. The van der Waals surface area contributed by atoms with E-state index in [1.165, 1.54) is 18.2 Å². The van der Waals surface area contributed by atoms with Crippen LogP contribution in [0.15, 0.2) is 42.5 Å². The molecule has 1 unspecified atom stereocenters. The predicted molar refractivity (Wildman–Crippen MR) is 95.2 cm³/mol. The van der Waals surface area contributed by atoms with E-state index in [0.29, 0.717) is 16.5 Å². The number of anilines is 2. The maximum absolute atomic E-state index is 12.4. The van der Waals surface area contributed by atoms with E-state index in [2.05, 4.69) is 5.32 Å². The molecule has 3 rings (SSSR count). The summed E-state index contributed by atoms with van der Waals surface area (Å²) in [5, 5.41) is 12.8. The third-order valence-electron chi connectivity index (χ3n) is 3.87. The number of nitrogens with zero attached hydrogens (tertiary/aromatic N) is 1. The first kappa shape index (κ1) is 17.1. The maximum Gasteiger partial charge on any atom is 0.267 e. The highest BCUT2D eigenvalue weighted by atomic mass is 35.5. The van der Waals surface area contributed by atoms with Crippen LogP contribution < -0.4 is 15.0 Å². The first-order chi connectivity index (χ1) is 12.0. The number of phenols is 1. The Labute approximate surface area is 150 Å². The lowest BCUT2D eigenvalue weighted by Crippen LogP contribution is -2.45. The fourth-order valence-corrected chi connectivity index (χ4v) is 2.80. The van der Waals surface area contributed by atoms with Crippen molar-refractivity contribution in [2.45, 2.75) is 19.4 Å². The van der Waals surface area contributed by atoms with E-state index >= 15 is 0 Å². The van der Waals surface area contributed by atoms with Crippen molar-refractivity contribution in [2.75, 3.05) is 16.8 Å². The molecule has 0 saturated heterocycles. The number of aromatic hydroxyl groups is 1. The zero-order valence-electron chi connectivity index (χ0n) is 13.5. The molecule has 2 aromatic carbocycles. The van der Waals surface area contributed by atoms with E-state index in [4.69, 9.17) is 16.3 Å².